The van der Waals surface area contributed by atoms with Crippen molar-refractivity contribution in [3.8, 4) is 22.5 Å². The molecule has 0 saturated heterocycles. The van der Waals surface area contributed by atoms with Crippen LogP contribution in [0.2, 0.25) is 10.0 Å². The van der Waals surface area contributed by atoms with E-state index in [1.165, 1.54) is 0 Å². The zero-order valence-corrected chi connectivity index (χ0v) is 23.4. The molecule has 0 saturated carbocycles. The molecule has 40 heavy (non-hydrogen) atoms. The molecule has 0 atom stereocenters. The van der Waals surface area contributed by atoms with E-state index in [0.29, 0.717) is 56.3 Å². The van der Waals surface area contributed by atoms with Crippen LogP contribution in [0.15, 0.2) is 94.5 Å². The van der Waals surface area contributed by atoms with Crippen LogP contribution in [0.25, 0.3) is 44.3 Å². The highest BCUT2D eigenvalue weighted by Gasteiger charge is 2.14. The number of halogens is 2. The van der Waals surface area contributed by atoms with Gasteiger partial charge in [-0.15, -0.1) is 0 Å². The summed E-state index contributed by atoms with van der Waals surface area (Å²) in [5.74, 6) is 1.36. The topological polar surface area (TPSA) is 69.8 Å². The summed E-state index contributed by atoms with van der Waals surface area (Å²) in [5, 5.41) is 1.96. The molecule has 0 aliphatic rings. The number of nitrogens with zero attached hydrogens (tertiary/aromatic N) is 4. The van der Waals surface area contributed by atoms with E-state index in [9.17, 15) is 9.59 Å². The molecular formula is C32H24Cl2N4O2. The molecule has 198 valence electrons. The Bertz CT molecular complexity index is 1880. The Hall–Kier alpha value is -4.26. The number of hydrogen-bond acceptors (Lipinski definition) is 4. The maximum absolute atomic E-state index is 13.4. The van der Waals surface area contributed by atoms with Crippen LogP contribution >= 0.6 is 23.2 Å². The number of benzene rings is 4. The standard InChI is InChI=1S/C32H24Cl2N4O2/c1-3-29-35-27-15-9-21(33)17-25(27)31(39)37(29)23-11-5-19(6-12-23)20-7-13-24(14-8-20)38-30(4-2)36-28-16-10-22(34)18-26(28)32(38)40/h5-18H,3-4H2,1-2H3. The van der Waals surface area contributed by atoms with Crippen molar-refractivity contribution in [2.75, 3.05) is 0 Å². The normalized spacial score (nSPS) is 11.4. The predicted octanol–water partition coefficient (Wildman–Crippen LogP) is 7.18. The molecule has 6 rings (SSSR count). The summed E-state index contributed by atoms with van der Waals surface area (Å²) in [6, 6.07) is 25.9. The minimum Gasteiger partial charge on any atom is -0.268 e. The van der Waals surface area contributed by atoms with Crippen LogP contribution in [0.4, 0.5) is 0 Å². The molecular weight excluding hydrogens is 543 g/mol. The summed E-state index contributed by atoms with van der Waals surface area (Å²) >= 11 is 12.3. The van der Waals surface area contributed by atoms with Crippen molar-refractivity contribution in [1.82, 2.24) is 19.1 Å². The first-order valence-electron chi connectivity index (χ1n) is 13.0. The Kier molecular flexibility index (Phi) is 6.74. The lowest BCUT2D eigenvalue weighted by Crippen LogP contribution is -2.23. The summed E-state index contributed by atoms with van der Waals surface area (Å²) in [7, 11) is 0. The summed E-state index contributed by atoms with van der Waals surface area (Å²) in [6.45, 7) is 3.95. The summed E-state index contributed by atoms with van der Waals surface area (Å²) in [5.41, 5.74) is 4.39. The van der Waals surface area contributed by atoms with Crippen LogP contribution in [-0.4, -0.2) is 19.1 Å². The van der Waals surface area contributed by atoms with E-state index in [1.807, 2.05) is 62.4 Å². The van der Waals surface area contributed by atoms with Gasteiger partial charge in [0.05, 0.1) is 33.2 Å². The van der Waals surface area contributed by atoms with Crippen molar-refractivity contribution >= 4 is 45.0 Å². The van der Waals surface area contributed by atoms with Crippen molar-refractivity contribution in [3.05, 3.63) is 127 Å². The van der Waals surface area contributed by atoms with E-state index < -0.39 is 0 Å². The van der Waals surface area contributed by atoms with Crippen molar-refractivity contribution < 1.29 is 0 Å². The molecule has 0 bridgehead atoms. The lowest BCUT2D eigenvalue weighted by atomic mass is 10.0. The quantitative estimate of drug-likeness (QED) is 0.221. The van der Waals surface area contributed by atoms with Crippen LogP contribution in [0.5, 0.6) is 0 Å². The molecule has 4 aromatic carbocycles. The fourth-order valence-electron chi connectivity index (χ4n) is 5.02. The molecule has 6 nitrogen and oxygen atoms in total. The van der Waals surface area contributed by atoms with Crippen molar-refractivity contribution in [2.45, 2.75) is 26.7 Å². The SMILES string of the molecule is CCc1nc2ccc(Cl)cc2c(=O)n1-c1ccc(-c2ccc(-n3c(CC)nc4ccc(Cl)cc4c3=O)cc2)cc1. The molecule has 0 spiro atoms. The summed E-state index contributed by atoms with van der Waals surface area (Å²) in [6.07, 6.45) is 1.21. The number of hydrogen-bond donors (Lipinski definition) is 0. The summed E-state index contributed by atoms with van der Waals surface area (Å²) in [4.78, 5) is 36.2. The highest BCUT2D eigenvalue weighted by molar-refractivity contribution is 6.31. The van der Waals surface area contributed by atoms with Crippen molar-refractivity contribution in [3.63, 3.8) is 0 Å². The Morgan fingerprint density at radius 2 is 0.950 bits per heavy atom. The smallest absolute Gasteiger partial charge is 0.266 e. The average Bonchev–Trinajstić information content (AvgIpc) is 2.98. The van der Waals surface area contributed by atoms with Gasteiger partial charge in [0.25, 0.3) is 11.1 Å². The first kappa shape index (κ1) is 26.0. The Labute approximate surface area is 240 Å². The van der Waals surface area contributed by atoms with Gasteiger partial charge in [-0.2, -0.15) is 0 Å². The largest absolute Gasteiger partial charge is 0.268 e. The molecule has 0 aliphatic carbocycles. The highest BCUT2D eigenvalue weighted by atomic mass is 35.5. The molecule has 0 amide bonds. The van der Waals surface area contributed by atoms with E-state index in [1.54, 1.807) is 45.5 Å². The zero-order valence-electron chi connectivity index (χ0n) is 21.9. The minimum absolute atomic E-state index is 0.149. The molecule has 2 heterocycles. The third kappa shape index (κ3) is 4.49. The fourth-order valence-corrected chi connectivity index (χ4v) is 5.36. The van der Waals surface area contributed by atoms with Crippen LogP contribution in [-0.2, 0) is 12.8 Å². The number of fused-ring (bicyclic) bond motifs is 2. The second-order valence-corrected chi connectivity index (χ2v) is 10.3. The Balaban J connectivity index is 1.37. The van der Waals surface area contributed by atoms with E-state index >= 15 is 0 Å². The van der Waals surface area contributed by atoms with Gasteiger partial charge in [-0.1, -0.05) is 61.3 Å². The lowest BCUT2D eigenvalue weighted by molar-refractivity contribution is 0.833. The van der Waals surface area contributed by atoms with Crippen molar-refractivity contribution in [2.24, 2.45) is 0 Å². The van der Waals surface area contributed by atoms with Crippen LogP contribution < -0.4 is 11.1 Å². The Morgan fingerprint density at radius 3 is 1.30 bits per heavy atom. The molecule has 0 fully saturated rings. The molecule has 2 aromatic heterocycles. The summed E-state index contributed by atoms with van der Waals surface area (Å²) < 4.78 is 3.28. The maximum atomic E-state index is 13.4. The zero-order chi connectivity index (χ0) is 28.0. The average molecular weight is 567 g/mol. The first-order valence-corrected chi connectivity index (χ1v) is 13.8. The highest BCUT2D eigenvalue weighted by Crippen LogP contribution is 2.25. The van der Waals surface area contributed by atoms with Crippen LogP contribution in [0.3, 0.4) is 0 Å². The monoisotopic (exact) mass is 566 g/mol. The molecule has 8 heteroatoms. The van der Waals surface area contributed by atoms with Gasteiger partial charge in [-0.05, 0) is 71.8 Å². The van der Waals surface area contributed by atoms with Crippen molar-refractivity contribution in [1.29, 1.82) is 0 Å². The fraction of sp³-hybridized carbons (Fsp3) is 0.125. The van der Waals surface area contributed by atoms with Gasteiger partial charge in [0.15, 0.2) is 0 Å². The molecule has 0 aliphatic heterocycles. The number of aryl methyl sites for hydroxylation is 2. The van der Waals surface area contributed by atoms with E-state index in [-0.39, 0.29) is 11.1 Å². The first-order chi connectivity index (χ1) is 19.4. The third-order valence-electron chi connectivity index (χ3n) is 7.02. The Morgan fingerprint density at radius 1 is 0.575 bits per heavy atom. The van der Waals surface area contributed by atoms with Gasteiger partial charge >= 0.3 is 0 Å². The van der Waals surface area contributed by atoms with E-state index in [0.717, 1.165) is 22.5 Å². The van der Waals surface area contributed by atoms with Gasteiger partial charge in [0.2, 0.25) is 0 Å². The van der Waals surface area contributed by atoms with Gasteiger partial charge in [0, 0.05) is 22.9 Å². The molecule has 0 N–H and O–H groups in total. The second kappa shape index (κ2) is 10.4. The van der Waals surface area contributed by atoms with E-state index in [2.05, 4.69) is 0 Å². The molecule has 0 unspecified atom stereocenters. The third-order valence-corrected chi connectivity index (χ3v) is 7.49. The number of aromatic nitrogens is 4. The van der Waals surface area contributed by atoms with Gasteiger partial charge in [-0.25, -0.2) is 9.97 Å². The second-order valence-electron chi connectivity index (χ2n) is 9.46. The molecule has 0 radical (unpaired) electrons. The minimum atomic E-state index is -0.149. The molecule has 6 aromatic rings. The van der Waals surface area contributed by atoms with Crippen LogP contribution in [0.1, 0.15) is 25.5 Å². The predicted molar refractivity (Wildman–Crippen MR) is 162 cm³/mol. The van der Waals surface area contributed by atoms with Gasteiger partial charge in [0.1, 0.15) is 11.6 Å². The van der Waals surface area contributed by atoms with E-state index in [4.69, 9.17) is 33.2 Å². The maximum Gasteiger partial charge on any atom is 0.266 e. The van der Waals surface area contributed by atoms with Gasteiger partial charge in [-0.3, -0.25) is 18.7 Å². The van der Waals surface area contributed by atoms with Crippen LogP contribution in [0, 0.1) is 0 Å². The number of rotatable bonds is 5. The van der Waals surface area contributed by atoms with Gasteiger partial charge < -0.3 is 0 Å². The lowest BCUT2D eigenvalue weighted by Gasteiger charge is -2.14.